The molecule has 0 saturated heterocycles. The van der Waals surface area contributed by atoms with Crippen LogP contribution in [0.5, 0.6) is 0 Å². The predicted molar refractivity (Wildman–Crippen MR) is 102 cm³/mol. The molecule has 5 nitrogen and oxygen atoms in total. The van der Waals surface area contributed by atoms with Gasteiger partial charge in [0.25, 0.3) is 0 Å². The van der Waals surface area contributed by atoms with Crippen LogP contribution in [0.1, 0.15) is 30.9 Å². The SMILES string of the molecule is Cc1ccc([C@@H]2[C@H]3C[NH+](C(C)C)CC=C3[C@@H](C#N)C(=N)C2(C#N)C#N)cc1. The van der Waals surface area contributed by atoms with Crippen molar-refractivity contribution in [2.24, 2.45) is 17.3 Å². The summed E-state index contributed by atoms with van der Waals surface area (Å²) in [6, 6.07) is 14.8. The number of aryl methyl sites for hydroxylation is 1. The van der Waals surface area contributed by atoms with E-state index < -0.39 is 17.3 Å². The van der Waals surface area contributed by atoms with Crippen molar-refractivity contribution in [3.63, 3.8) is 0 Å². The maximum atomic E-state index is 10.0. The molecule has 5 heteroatoms. The number of nitriles is 3. The van der Waals surface area contributed by atoms with Crippen molar-refractivity contribution in [3.8, 4) is 18.2 Å². The Balaban J connectivity index is 2.23. The van der Waals surface area contributed by atoms with Crippen LogP contribution in [0, 0.1) is 63.6 Å². The van der Waals surface area contributed by atoms with Gasteiger partial charge in [-0.15, -0.1) is 0 Å². The lowest BCUT2D eigenvalue weighted by Crippen LogP contribution is -3.16. The zero-order chi connectivity index (χ0) is 19.8. The molecule has 1 aromatic carbocycles. The molecule has 1 heterocycles. The smallest absolute Gasteiger partial charge is 0.189 e. The normalized spacial score (nSPS) is 29.1. The molecule has 0 bridgehead atoms. The van der Waals surface area contributed by atoms with Gasteiger partial charge in [-0.3, -0.25) is 0 Å². The van der Waals surface area contributed by atoms with E-state index in [0.29, 0.717) is 6.04 Å². The van der Waals surface area contributed by atoms with Crippen LogP contribution in [0.4, 0.5) is 0 Å². The van der Waals surface area contributed by atoms with Crippen LogP contribution >= 0.6 is 0 Å². The fourth-order valence-electron chi connectivity index (χ4n) is 4.54. The van der Waals surface area contributed by atoms with Crippen molar-refractivity contribution < 1.29 is 4.90 Å². The summed E-state index contributed by atoms with van der Waals surface area (Å²) in [5.74, 6) is -1.33. The Hall–Kier alpha value is -2.94. The average molecular weight is 358 g/mol. The Morgan fingerprint density at radius 3 is 2.30 bits per heavy atom. The van der Waals surface area contributed by atoms with Crippen LogP contribution in [0.25, 0.3) is 0 Å². The summed E-state index contributed by atoms with van der Waals surface area (Å²) in [5.41, 5.74) is 1.23. The molecule has 1 aliphatic carbocycles. The van der Waals surface area contributed by atoms with Crippen molar-refractivity contribution >= 4 is 5.71 Å². The van der Waals surface area contributed by atoms with E-state index in [2.05, 4.69) is 38.1 Å². The van der Waals surface area contributed by atoms with Crippen molar-refractivity contribution in [2.75, 3.05) is 13.1 Å². The third-order valence-electron chi connectivity index (χ3n) is 6.16. The zero-order valence-electron chi connectivity index (χ0n) is 16.0. The number of nitrogens with one attached hydrogen (secondary N) is 2. The average Bonchev–Trinajstić information content (AvgIpc) is 2.67. The van der Waals surface area contributed by atoms with Crippen molar-refractivity contribution in [1.29, 1.82) is 21.2 Å². The van der Waals surface area contributed by atoms with E-state index in [1.807, 2.05) is 31.2 Å². The number of quaternary nitrogens is 1. The highest BCUT2D eigenvalue weighted by molar-refractivity contribution is 6.00. The van der Waals surface area contributed by atoms with Gasteiger partial charge in [0.1, 0.15) is 5.92 Å². The third-order valence-corrected chi connectivity index (χ3v) is 6.16. The van der Waals surface area contributed by atoms with E-state index in [0.717, 1.165) is 29.8 Å². The topological polar surface area (TPSA) is 99.7 Å². The van der Waals surface area contributed by atoms with Gasteiger partial charge in [-0.25, -0.2) is 0 Å². The van der Waals surface area contributed by atoms with E-state index in [4.69, 9.17) is 5.41 Å². The molecule has 1 aliphatic heterocycles. The Bertz CT molecular complexity index is 890. The Labute approximate surface area is 160 Å². The van der Waals surface area contributed by atoms with E-state index in [9.17, 15) is 15.8 Å². The van der Waals surface area contributed by atoms with Gasteiger partial charge in [-0.2, -0.15) is 15.8 Å². The van der Waals surface area contributed by atoms with Crippen molar-refractivity contribution in [3.05, 3.63) is 47.0 Å². The highest BCUT2D eigenvalue weighted by Crippen LogP contribution is 2.52. The fraction of sp³-hybridized carbons (Fsp3) is 0.455. The first kappa shape index (κ1) is 18.8. The van der Waals surface area contributed by atoms with Gasteiger partial charge in [-0.05, 0) is 38.0 Å². The molecule has 1 aromatic rings. The van der Waals surface area contributed by atoms with E-state index in [1.165, 1.54) is 4.90 Å². The lowest BCUT2D eigenvalue weighted by Gasteiger charge is -2.47. The molecule has 0 radical (unpaired) electrons. The second-order valence-corrected chi connectivity index (χ2v) is 7.93. The van der Waals surface area contributed by atoms with Gasteiger partial charge in [-0.1, -0.05) is 29.8 Å². The highest BCUT2D eigenvalue weighted by Gasteiger charge is 2.58. The van der Waals surface area contributed by atoms with Crippen molar-refractivity contribution in [1.82, 2.24) is 0 Å². The molecule has 3 rings (SSSR count). The molecule has 27 heavy (non-hydrogen) atoms. The standard InChI is InChI=1S/C22H23N5/c1-14(2)27-9-8-17-18(10-23)21(26)22(12-24,13-25)20(19(17)11-27)16-6-4-15(3)5-7-16/h4-8,14,18-20,26H,9,11H2,1-3H3/p+1/t18-,19+,20-/m1/s1. The maximum absolute atomic E-state index is 10.0. The number of benzene rings is 1. The third kappa shape index (κ3) is 2.84. The van der Waals surface area contributed by atoms with Crippen LogP contribution in [-0.4, -0.2) is 24.8 Å². The lowest BCUT2D eigenvalue weighted by atomic mass is 9.54. The quantitative estimate of drug-likeness (QED) is 0.792. The largest absolute Gasteiger partial charge is 0.329 e. The molecular formula is C22H24N5+. The summed E-state index contributed by atoms with van der Waals surface area (Å²) in [7, 11) is 0. The zero-order valence-corrected chi connectivity index (χ0v) is 16.0. The second-order valence-electron chi connectivity index (χ2n) is 7.93. The van der Waals surface area contributed by atoms with Gasteiger partial charge in [0, 0.05) is 11.8 Å². The van der Waals surface area contributed by atoms with Crippen LogP contribution in [0.2, 0.25) is 0 Å². The summed E-state index contributed by atoms with van der Waals surface area (Å²) < 4.78 is 0. The molecule has 0 aromatic heterocycles. The number of fused-ring (bicyclic) bond motifs is 1. The minimum Gasteiger partial charge on any atom is -0.329 e. The number of nitrogens with zero attached hydrogens (tertiary/aromatic N) is 3. The maximum Gasteiger partial charge on any atom is 0.189 e. The minimum atomic E-state index is -1.61. The first-order chi connectivity index (χ1) is 12.9. The minimum absolute atomic E-state index is 0.0731. The van der Waals surface area contributed by atoms with Gasteiger partial charge < -0.3 is 10.3 Å². The van der Waals surface area contributed by atoms with Crippen LogP contribution < -0.4 is 4.90 Å². The van der Waals surface area contributed by atoms with E-state index in [1.54, 1.807) is 0 Å². The summed E-state index contributed by atoms with van der Waals surface area (Å²) in [5, 5.41) is 38.4. The van der Waals surface area contributed by atoms with Crippen molar-refractivity contribution in [2.45, 2.75) is 32.7 Å². The number of hydrogen-bond acceptors (Lipinski definition) is 4. The fourth-order valence-corrected chi connectivity index (χ4v) is 4.54. The van der Waals surface area contributed by atoms with E-state index in [-0.39, 0.29) is 11.6 Å². The van der Waals surface area contributed by atoms with Crippen LogP contribution in [-0.2, 0) is 0 Å². The molecule has 2 aliphatic rings. The lowest BCUT2D eigenvalue weighted by molar-refractivity contribution is -0.920. The number of hydrogen-bond donors (Lipinski definition) is 2. The van der Waals surface area contributed by atoms with Gasteiger partial charge in [0.2, 0.25) is 0 Å². The molecule has 1 saturated carbocycles. The Morgan fingerprint density at radius 1 is 1.15 bits per heavy atom. The molecule has 1 unspecified atom stereocenters. The highest BCUT2D eigenvalue weighted by atomic mass is 15.2. The predicted octanol–water partition coefficient (Wildman–Crippen LogP) is 2.13. The molecule has 4 atom stereocenters. The molecule has 136 valence electrons. The first-order valence-electron chi connectivity index (χ1n) is 9.31. The molecular weight excluding hydrogens is 334 g/mol. The monoisotopic (exact) mass is 358 g/mol. The van der Waals surface area contributed by atoms with Crippen LogP contribution in [0.3, 0.4) is 0 Å². The molecule has 1 fully saturated rings. The molecule has 0 amide bonds. The number of rotatable bonds is 2. The summed E-state index contributed by atoms with van der Waals surface area (Å²) in [6.07, 6.45) is 2.08. The van der Waals surface area contributed by atoms with Gasteiger partial charge >= 0.3 is 0 Å². The van der Waals surface area contributed by atoms with Crippen LogP contribution in [0.15, 0.2) is 35.9 Å². The molecule has 2 N–H and O–H groups in total. The van der Waals surface area contributed by atoms with Gasteiger partial charge in [0.05, 0.1) is 43.1 Å². The Morgan fingerprint density at radius 2 is 1.78 bits per heavy atom. The van der Waals surface area contributed by atoms with E-state index >= 15 is 0 Å². The van der Waals surface area contributed by atoms with Gasteiger partial charge in [0.15, 0.2) is 5.41 Å². The molecule has 0 spiro atoms. The first-order valence-corrected chi connectivity index (χ1v) is 9.31. The second kappa shape index (κ2) is 6.99. The summed E-state index contributed by atoms with van der Waals surface area (Å²) >= 11 is 0. The summed E-state index contributed by atoms with van der Waals surface area (Å²) in [6.45, 7) is 7.88. The Kier molecular flexibility index (Phi) is 4.88. The summed E-state index contributed by atoms with van der Waals surface area (Å²) in [4.78, 5) is 1.37.